The number of carbonyl (C=O) groups excluding carboxylic acids is 1. The van der Waals surface area contributed by atoms with Gasteiger partial charge in [-0.3, -0.25) is 9.69 Å². The van der Waals surface area contributed by atoms with Gasteiger partial charge in [0.1, 0.15) is 6.54 Å². The van der Waals surface area contributed by atoms with Gasteiger partial charge in [-0.2, -0.15) is 0 Å². The summed E-state index contributed by atoms with van der Waals surface area (Å²) in [6, 6.07) is 0. The van der Waals surface area contributed by atoms with Gasteiger partial charge in [-0.1, -0.05) is 6.92 Å². The van der Waals surface area contributed by atoms with Gasteiger partial charge in [-0.15, -0.1) is 0 Å². The van der Waals surface area contributed by atoms with Crippen LogP contribution in [0.3, 0.4) is 0 Å². The highest BCUT2D eigenvalue weighted by atomic mass is 16.5. The molecule has 1 heterocycles. The number of carbonyl (C=O) groups is 1. The first-order chi connectivity index (χ1) is 10.5. The summed E-state index contributed by atoms with van der Waals surface area (Å²) in [6.07, 6.45) is 0. The van der Waals surface area contributed by atoms with Crippen molar-refractivity contribution in [2.45, 2.75) is 13.8 Å². The molecule has 7 heteroatoms. The van der Waals surface area contributed by atoms with Crippen LogP contribution in [0.25, 0.3) is 0 Å². The fourth-order valence-corrected chi connectivity index (χ4v) is 2.19. The van der Waals surface area contributed by atoms with Gasteiger partial charge in [-0.05, 0) is 12.8 Å². The summed E-state index contributed by atoms with van der Waals surface area (Å²) in [5.74, 6) is 1.21. The van der Waals surface area contributed by atoms with E-state index in [1.54, 1.807) is 19.0 Å². The average molecular weight is 313 g/mol. The van der Waals surface area contributed by atoms with Crippen LogP contribution in [-0.4, -0.2) is 88.2 Å². The summed E-state index contributed by atoms with van der Waals surface area (Å²) in [4.78, 5) is 19.9. The van der Waals surface area contributed by atoms with Crippen molar-refractivity contribution in [3.05, 3.63) is 0 Å². The third-order valence-electron chi connectivity index (χ3n) is 3.51. The molecule has 0 bridgehead atoms. The standard InChI is InChI=1S/C15H31N5O2/c1-5-16-15(18-11-14(21)19(3)4)17-10-13(2)12-20-6-8-22-9-7-20/h13H,5-12H2,1-4H3,(H2,16,17,18). The Balaban J connectivity index is 2.35. The second-order valence-electron chi connectivity index (χ2n) is 5.88. The minimum atomic E-state index is -0.00133. The fraction of sp³-hybridized carbons (Fsp3) is 0.867. The van der Waals surface area contributed by atoms with Gasteiger partial charge in [-0.25, -0.2) is 4.99 Å². The van der Waals surface area contributed by atoms with Gasteiger partial charge in [0, 0.05) is 46.8 Å². The largest absolute Gasteiger partial charge is 0.379 e. The number of amides is 1. The van der Waals surface area contributed by atoms with Crippen molar-refractivity contribution in [1.82, 2.24) is 20.4 Å². The SMILES string of the molecule is CCNC(=NCC(=O)N(C)C)NCC(C)CN1CCOCC1. The third-order valence-corrected chi connectivity index (χ3v) is 3.51. The zero-order valence-electron chi connectivity index (χ0n) is 14.4. The summed E-state index contributed by atoms with van der Waals surface area (Å²) >= 11 is 0. The number of rotatable bonds is 7. The van der Waals surface area contributed by atoms with E-state index in [1.807, 2.05) is 6.92 Å². The van der Waals surface area contributed by atoms with Crippen molar-refractivity contribution in [2.75, 3.05) is 66.6 Å². The quantitative estimate of drug-likeness (QED) is 0.494. The lowest BCUT2D eigenvalue weighted by Gasteiger charge is -2.29. The molecule has 1 aliphatic heterocycles. The molecule has 7 nitrogen and oxygen atoms in total. The van der Waals surface area contributed by atoms with Crippen molar-refractivity contribution in [3.8, 4) is 0 Å². The van der Waals surface area contributed by atoms with Crippen molar-refractivity contribution < 1.29 is 9.53 Å². The second kappa shape index (κ2) is 10.4. The molecule has 1 saturated heterocycles. The molecule has 0 aromatic heterocycles. The van der Waals surface area contributed by atoms with E-state index in [4.69, 9.17) is 4.74 Å². The van der Waals surface area contributed by atoms with Crippen LogP contribution >= 0.6 is 0 Å². The van der Waals surface area contributed by atoms with E-state index in [2.05, 4.69) is 27.4 Å². The van der Waals surface area contributed by atoms with Crippen LogP contribution in [0.15, 0.2) is 4.99 Å². The van der Waals surface area contributed by atoms with Gasteiger partial charge in [0.25, 0.3) is 0 Å². The van der Waals surface area contributed by atoms with Gasteiger partial charge in [0.05, 0.1) is 13.2 Å². The Bertz CT molecular complexity index is 354. The number of aliphatic imine (C=N–C) groups is 1. The summed E-state index contributed by atoms with van der Waals surface area (Å²) < 4.78 is 5.36. The zero-order chi connectivity index (χ0) is 16.4. The predicted molar refractivity (Wildman–Crippen MR) is 89.1 cm³/mol. The molecule has 0 spiro atoms. The molecule has 2 N–H and O–H groups in total. The van der Waals surface area contributed by atoms with Crippen molar-refractivity contribution >= 4 is 11.9 Å². The molecule has 1 unspecified atom stereocenters. The number of nitrogens with zero attached hydrogens (tertiary/aromatic N) is 3. The Morgan fingerprint density at radius 3 is 2.59 bits per heavy atom. The number of guanidine groups is 1. The minimum absolute atomic E-state index is 0.00133. The summed E-state index contributed by atoms with van der Waals surface area (Å²) in [6.45, 7) is 10.7. The number of morpholine rings is 1. The molecular weight excluding hydrogens is 282 g/mol. The second-order valence-corrected chi connectivity index (χ2v) is 5.88. The Morgan fingerprint density at radius 1 is 1.32 bits per heavy atom. The highest BCUT2D eigenvalue weighted by Crippen LogP contribution is 2.02. The van der Waals surface area contributed by atoms with E-state index < -0.39 is 0 Å². The first-order valence-corrected chi connectivity index (χ1v) is 8.05. The first kappa shape index (κ1) is 18.7. The molecule has 1 rings (SSSR count). The van der Waals surface area contributed by atoms with E-state index in [1.165, 1.54) is 0 Å². The smallest absolute Gasteiger partial charge is 0.243 e. The Hall–Kier alpha value is -1.34. The monoisotopic (exact) mass is 313 g/mol. The van der Waals surface area contributed by atoms with E-state index in [0.29, 0.717) is 11.9 Å². The molecule has 0 aromatic carbocycles. The van der Waals surface area contributed by atoms with E-state index in [0.717, 1.165) is 45.9 Å². The number of nitrogens with one attached hydrogen (secondary N) is 2. The molecule has 22 heavy (non-hydrogen) atoms. The van der Waals surface area contributed by atoms with Crippen molar-refractivity contribution in [2.24, 2.45) is 10.9 Å². The maximum atomic E-state index is 11.6. The van der Waals surface area contributed by atoms with E-state index in [9.17, 15) is 4.79 Å². The molecule has 0 aliphatic carbocycles. The molecule has 1 atom stereocenters. The Morgan fingerprint density at radius 2 is 2.00 bits per heavy atom. The van der Waals surface area contributed by atoms with Crippen LogP contribution in [0.4, 0.5) is 0 Å². The lowest BCUT2D eigenvalue weighted by atomic mass is 10.1. The molecule has 1 amide bonds. The van der Waals surface area contributed by atoms with Gasteiger partial charge >= 0.3 is 0 Å². The molecule has 0 saturated carbocycles. The van der Waals surface area contributed by atoms with Crippen LogP contribution in [0.1, 0.15) is 13.8 Å². The van der Waals surface area contributed by atoms with Crippen LogP contribution in [0.5, 0.6) is 0 Å². The normalized spacial score (nSPS) is 17.9. The number of likely N-dealkylation sites (N-methyl/N-ethyl adjacent to an activating group) is 1. The molecule has 1 aliphatic rings. The number of hydrogen-bond donors (Lipinski definition) is 2. The molecule has 128 valence electrons. The molecule has 0 radical (unpaired) electrons. The number of hydrogen-bond acceptors (Lipinski definition) is 4. The summed E-state index contributed by atoms with van der Waals surface area (Å²) in [5.41, 5.74) is 0. The van der Waals surface area contributed by atoms with Crippen LogP contribution in [-0.2, 0) is 9.53 Å². The van der Waals surface area contributed by atoms with Crippen LogP contribution < -0.4 is 10.6 Å². The average Bonchev–Trinajstić information content (AvgIpc) is 2.50. The third kappa shape index (κ3) is 7.61. The molecule has 0 aromatic rings. The molecular formula is C15H31N5O2. The Labute approximate surface area is 134 Å². The van der Waals surface area contributed by atoms with Crippen molar-refractivity contribution in [3.63, 3.8) is 0 Å². The topological polar surface area (TPSA) is 69.2 Å². The zero-order valence-corrected chi connectivity index (χ0v) is 14.4. The van der Waals surface area contributed by atoms with Gasteiger partial charge in [0.15, 0.2) is 5.96 Å². The highest BCUT2D eigenvalue weighted by molar-refractivity contribution is 5.84. The van der Waals surface area contributed by atoms with E-state index in [-0.39, 0.29) is 12.5 Å². The fourth-order valence-electron chi connectivity index (χ4n) is 2.19. The maximum Gasteiger partial charge on any atom is 0.243 e. The predicted octanol–water partition coefficient (Wildman–Crippen LogP) is -0.402. The Kier molecular flexibility index (Phi) is 8.84. The lowest BCUT2D eigenvalue weighted by molar-refractivity contribution is -0.127. The first-order valence-electron chi connectivity index (χ1n) is 8.05. The van der Waals surface area contributed by atoms with Crippen LogP contribution in [0.2, 0.25) is 0 Å². The van der Waals surface area contributed by atoms with Gasteiger partial charge in [0.2, 0.25) is 5.91 Å². The lowest BCUT2D eigenvalue weighted by Crippen LogP contribution is -2.44. The number of ether oxygens (including phenoxy) is 1. The highest BCUT2D eigenvalue weighted by Gasteiger charge is 2.14. The van der Waals surface area contributed by atoms with Crippen molar-refractivity contribution in [1.29, 1.82) is 0 Å². The summed E-state index contributed by atoms with van der Waals surface area (Å²) in [7, 11) is 3.48. The molecule has 1 fully saturated rings. The van der Waals surface area contributed by atoms with Crippen LogP contribution in [0, 0.1) is 5.92 Å². The minimum Gasteiger partial charge on any atom is -0.379 e. The van der Waals surface area contributed by atoms with Gasteiger partial charge < -0.3 is 20.3 Å². The summed E-state index contributed by atoms with van der Waals surface area (Å²) in [5, 5.41) is 6.48. The maximum absolute atomic E-state index is 11.6. The van der Waals surface area contributed by atoms with E-state index >= 15 is 0 Å².